The summed E-state index contributed by atoms with van der Waals surface area (Å²) in [7, 11) is 3.09. The number of aliphatic imine (C=N–C) groups is 1. The van der Waals surface area contributed by atoms with E-state index in [9.17, 15) is 27.9 Å². The largest absolute Gasteiger partial charge is 0.497 e. The lowest BCUT2D eigenvalue weighted by Crippen LogP contribution is -2.35. The number of nitrogens with zero attached hydrogens (tertiary/aromatic N) is 3. The van der Waals surface area contributed by atoms with Crippen LogP contribution in [0.5, 0.6) is 5.75 Å². The molecule has 3 aromatic carbocycles. The number of halogens is 3. The fourth-order valence-electron chi connectivity index (χ4n) is 4.06. The third-order valence-electron chi connectivity index (χ3n) is 5.82. The summed E-state index contributed by atoms with van der Waals surface area (Å²) in [4.78, 5) is 31.7. The normalized spacial score (nSPS) is 17.9. The van der Waals surface area contributed by atoms with E-state index in [4.69, 9.17) is 4.74 Å². The van der Waals surface area contributed by atoms with Crippen molar-refractivity contribution in [1.82, 2.24) is 9.80 Å². The van der Waals surface area contributed by atoms with Crippen LogP contribution < -0.4 is 4.74 Å². The minimum absolute atomic E-state index is 0.238. The molecule has 2 amide bonds. The number of amides is 2. The highest BCUT2D eigenvalue weighted by molar-refractivity contribution is 6.08. The molecule has 4 rings (SSSR count). The standard InChI is InChI=1S/C27H22F3N3O4/c1-32-23(18-11-13-21(37-2)14-12-18)22(15-17-7-4-3-5-8-17)33(26(35)36)25(32)31-24(34)19-9-6-10-20(16-19)27(28,29)30/h3-16,23H,1-2H3,(H,35,36)/b22-15-,31-25?. The number of carbonyl (C=O) groups excluding carboxylic acids is 1. The fraction of sp³-hybridized carbons (Fsp3) is 0.148. The van der Waals surface area contributed by atoms with Gasteiger partial charge in [-0.05, 0) is 47.5 Å². The van der Waals surface area contributed by atoms with E-state index in [1.807, 2.05) is 6.07 Å². The first-order chi connectivity index (χ1) is 17.6. The highest BCUT2D eigenvalue weighted by Crippen LogP contribution is 2.39. The predicted molar refractivity (Wildman–Crippen MR) is 131 cm³/mol. The molecule has 7 nitrogen and oxygen atoms in total. The van der Waals surface area contributed by atoms with E-state index in [-0.39, 0.29) is 11.5 Å². The van der Waals surface area contributed by atoms with Crippen LogP contribution in [0.1, 0.15) is 33.1 Å². The molecule has 1 heterocycles. The number of carboxylic acid groups (broad SMARTS) is 1. The molecule has 1 atom stereocenters. The van der Waals surface area contributed by atoms with Gasteiger partial charge >= 0.3 is 12.3 Å². The van der Waals surface area contributed by atoms with Crippen LogP contribution in [0.3, 0.4) is 0 Å². The number of hydrogen-bond donors (Lipinski definition) is 1. The third-order valence-corrected chi connectivity index (χ3v) is 5.82. The molecular formula is C27H22F3N3O4. The molecule has 3 aromatic rings. The number of rotatable bonds is 4. The topological polar surface area (TPSA) is 82.4 Å². The Bertz CT molecular complexity index is 1370. The summed E-state index contributed by atoms with van der Waals surface area (Å²) in [6, 6.07) is 19.1. The second-order valence-electron chi connectivity index (χ2n) is 8.18. The van der Waals surface area contributed by atoms with Crippen molar-refractivity contribution in [2.75, 3.05) is 14.2 Å². The molecule has 0 aromatic heterocycles. The number of hydrogen-bond acceptors (Lipinski definition) is 3. The number of alkyl halides is 3. The quantitative estimate of drug-likeness (QED) is 0.472. The van der Waals surface area contributed by atoms with Gasteiger partial charge in [0.1, 0.15) is 5.75 Å². The summed E-state index contributed by atoms with van der Waals surface area (Å²) in [5, 5.41) is 10.1. The van der Waals surface area contributed by atoms with Crippen LogP contribution >= 0.6 is 0 Å². The van der Waals surface area contributed by atoms with Gasteiger partial charge in [-0.15, -0.1) is 0 Å². The molecule has 1 aliphatic rings. The van der Waals surface area contributed by atoms with E-state index in [2.05, 4.69) is 4.99 Å². The van der Waals surface area contributed by atoms with Crippen molar-refractivity contribution >= 4 is 24.0 Å². The highest BCUT2D eigenvalue weighted by Gasteiger charge is 2.43. The lowest BCUT2D eigenvalue weighted by atomic mass is 10.0. The molecule has 37 heavy (non-hydrogen) atoms. The fourth-order valence-corrected chi connectivity index (χ4v) is 4.06. The molecule has 190 valence electrons. The number of ether oxygens (including phenoxy) is 1. The van der Waals surface area contributed by atoms with E-state index >= 15 is 0 Å². The van der Waals surface area contributed by atoms with Gasteiger partial charge in [-0.3, -0.25) is 4.79 Å². The molecule has 0 radical (unpaired) electrons. The maximum atomic E-state index is 13.2. The summed E-state index contributed by atoms with van der Waals surface area (Å²) < 4.78 is 44.7. The monoisotopic (exact) mass is 509 g/mol. The minimum Gasteiger partial charge on any atom is -0.497 e. The molecule has 0 aliphatic carbocycles. The van der Waals surface area contributed by atoms with E-state index < -0.39 is 29.8 Å². The first-order valence-electron chi connectivity index (χ1n) is 11.1. The Hall–Kier alpha value is -4.60. The van der Waals surface area contributed by atoms with Crippen LogP contribution in [0.15, 0.2) is 89.6 Å². The molecule has 1 saturated heterocycles. The van der Waals surface area contributed by atoms with Gasteiger partial charge in [0.05, 0.1) is 24.4 Å². The zero-order chi connectivity index (χ0) is 26.7. The summed E-state index contributed by atoms with van der Waals surface area (Å²) in [6.07, 6.45) is -4.39. The van der Waals surface area contributed by atoms with Gasteiger partial charge in [-0.2, -0.15) is 18.2 Å². The number of carbonyl (C=O) groups is 2. The Morgan fingerprint density at radius 1 is 1.00 bits per heavy atom. The van der Waals surface area contributed by atoms with Crippen LogP contribution in [0.4, 0.5) is 18.0 Å². The van der Waals surface area contributed by atoms with Crippen LogP contribution in [0, 0.1) is 0 Å². The third kappa shape index (κ3) is 5.32. The Morgan fingerprint density at radius 3 is 2.27 bits per heavy atom. The first kappa shape index (κ1) is 25.5. The summed E-state index contributed by atoms with van der Waals surface area (Å²) >= 11 is 0. The van der Waals surface area contributed by atoms with Crippen LogP contribution in [-0.2, 0) is 6.18 Å². The van der Waals surface area contributed by atoms with Gasteiger partial charge in [0, 0.05) is 12.6 Å². The molecule has 0 bridgehead atoms. The number of likely N-dealkylation sites (N-methyl/N-ethyl adjacent to an activating group) is 1. The Morgan fingerprint density at radius 2 is 1.68 bits per heavy atom. The Balaban J connectivity index is 1.84. The number of methoxy groups -OCH3 is 1. The lowest BCUT2D eigenvalue weighted by Gasteiger charge is -2.21. The molecule has 0 spiro atoms. The molecule has 10 heteroatoms. The maximum absolute atomic E-state index is 13.2. The first-order valence-corrected chi connectivity index (χ1v) is 11.1. The average molecular weight is 509 g/mol. The molecule has 1 N–H and O–H groups in total. The predicted octanol–water partition coefficient (Wildman–Crippen LogP) is 5.92. The van der Waals surface area contributed by atoms with Gasteiger partial charge < -0.3 is 14.7 Å². The zero-order valence-corrected chi connectivity index (χ0v) is 19.8. The van der Waals surface area contributed by atoms with Crippen molar-refractivity contribution < 1.29 is 32.6 Å². The van der Waals surface area contributed by atoms with Crippen molar-refractivity contribution in [3.05, 3.63) is 107 Å². The van der Waals surface area contributed by atoms with E-state index in [0.29, 0.717) is 28.6 Å². The van der Waals surface area contributed by atoms with Crippen molar-refractivity contribution in [2.45, 2.75) is 12.2 Å². The summed E-state index contributed by atoms with van der Waals surface area (Å²) in [5.74, 6) is -0.645. The van der Waals surface area contributed by atoms with Gasteiger partial charge in [0.25, 0.3) is 5.91 Å². The van der Waals surface area contributed by atoms with E-state index in [1.54, 1.807) is 61.7 Å². The highest BCUT2D eigenvalue weighted by atomic mass is 19.4. The van der Waals surface area contributed by atoms with Crippen molar-refractivity contribution in [3.8, 4) is 5.75 Å². The van der Waals surface area contributed by atoms with Crippen molar-refractivity contribution in [1.29, 1.82) is 0 Å². The van der Waals surface area contributed by atoms with Gasteiger partial charge in [0.2, 0.25) is 5.96 Å². The Labute approximate surface area is 210 Å². The second kappa shape index (κ2) is 10.2. The van der Waals surface area contributed by atoms with Crippen LogP contribution in [-0.4, -0.2) is 47.0 Å². The summed E-state index contributed by atoms with van der Waals surface area (Å²) in [5.41, 5.74) is 0.369. The molecule has 0 saturated carbocycles. The minimum atomic E-state index is -4.65. The van der Waals surface area contributed by atoms with E-state index in [1.165, 1.54) is 18.1 Å². The SMILES string of the molecule is COc1ccc(C2/C(=C/c3ccccc3)N(C(=O)O)C(=NC(=O)c3cccc(C(F)(F)F)c3)N2C)cc1. The van der Waals surface area contributed by atoms with E-state index in [0.717, 1.165) is 17.0 Å². The molecule has 1 aliphatic heterocycles. The summed E-state index contributed by atoms with van der Waals surface area (Å²) in [6.45, 7) is 0. The average Bonchev–Trinajstić information content (AvgIpc) is 3.14. The molecule has 1 unspecified atom stereocenters. The van der Waals surface area contributed by atoms with Gasteiger partial charge in [-0.25, -0.2) is 9.69 Å². The van der Waals surface area contributed by atoms with Crippen LogP contribution in [0.2, 0.25) is 0 Å². The molecule has 1 fully saturated rings. The maximum Gasteiger partial charge on any atom is 0.418 e. The van der Waals surface area contributed by atoms with Crippen molar-refractivity contribution in [3.63, 3.8) is 0 Å². The smallest absolute Gasteiger partial charge is 0.418 e. The lowest BCUT2D eigenvalue weighted by molar-refractivity contribution is -0.137. The zero-order valence-electron chi connectivity index (χ0n) is 19.8. The van der Waals surface area contributed by atoms with Gasteiger partial charge in [-0.1, -0.05) is 48.5 Å². The van der Waals surface area contributed by atoms with Gasteiger partial charge in [0.15, 0.2) is 0 Å². The van der Waals surface area contributed by atoms with Crippen molar-refractivity contribution in [2.24, 2.45) is 4.99 Å². The molecular weight excluding hydrogens is 487 g/mol. The Kier molecular flexibility index (Phi) is 7.01. The van der Waals surface area contributed by atoms with Crippen LogP contribution in [0.25, 0.3) is 6.08 Å². The number of benzene rings is 3. The second-order valence-corrected chi connectivity index (χ2v) is 8.18. The number of guanidine groups is 1.